The highest BCUT2D eigenvalue weighted by Crippen LogP contribution is 2.24. The Kier molecular flexibility index (Phi) is 4.82. The van der Waals surface area contributed by atoms with Gasteiger partial charge in [-0.2, -0.15) is 0 Å². The number of hydrazine groups is 1. The molecule has 0 bridgehead atoms. The maximum atomic E-state index is 5.90. The Morgan fingerprint density at radius 3 is 2.87 bits per heavy atom. The first-order valence-electron chi connectivity index (χ1n) is 5.02. The van der Waals surface area contributed by atoms with Gasteiger partial charge in [-0.05, 0) is 43.0 Å². The Hall–Kier alpha value is -0.830. The highest BCUT2D eigenvalue weighted by atomic mass is 35.5. The van der Waals surface area contributed by atoms with Crippen LogP contribution < -0.4 is 11.3 Å². The quantitative estimate of drug-likeness (QED) is 0.458. The van der Waals surface area contributed by atoms with E-state index in [1.54, 1.807) is 0 Å². The number of hydrogen-bond donors (Lipinski definition) is 2. The van der Waals surface area contributed by atoms with Gasteiger partial charge in [-0.25, -0.2) is 0 Å². The van der Waals surface area contributed by atoms with E-state index in [0.717, 1.165) is 23.4 Å². The highest BCUT2D eigenvalue weighted by molar-refractivity contribution is 6.30. The van der Waals surface area contributed by atoms with E-state index in [-0.39, 0.29) is 6.04 Å². The van der Waals surface area contributed by atoms with E-state index >= 15 is 0 Å². The molecule has 0 fully saturated rings. The highest BCUT2D eigenvalue weighted by Gasteiger charge is 2.11. The Labute approximate surface area is 96.1 Å². The fraction of sp³-hybridized carbons (Fsp3) is 0.333. The van der Waals surface area contributed by atoms with Crippen molar-refractivity contribution in [3.8, 4) is 0 Å². The molecule has 3 N–H and O–H groups in total. The smallest absolute Gasteiger partial charge is 0.0465 e. The maximum absolute atomic E-state index is 5.90. The summed E-state index contributed by atoms with van der Waals surface area (Å²) in [4.78, 5) is 0. The van der Waals surface area contributed by atoms with Gasteiger partial charge in [-0.15, -0.1) is 6.58 Å². The van der Waals surface area contributed by atoms with Crippen LogP contribution in [0.25, 0.3) is 0 Å². The summed E-state index contributed by atoms with van der Waals surface area (Å²) in [5.74, 6) is 5.54. The summed E-state index contributed by atoms with van der Waals surface area (Å²) in [6, 6.07) is 6.03. The molecule has 2 nitrogen and oxygen atoms in total. The molecular weight excluding hydrogens is 208 g/mol. The Morgan fingerprint density at radius 1 is 1.60 bits per heavy atom. The normalized spacial score (nSPS) is 12.5. The molecule has 0 aromatic heterocycles. The van der Waals surface area contributed by atoms with Crippen LogP contribution in [0.2, 0.25) is 5.02 Å². The lowest BCUT2D eigenvalue weighted by atomic mass is 9.98. The van der Waals surface area contributed by atoms with Crippen molar-refractivity contribution in [3.05, 3.63) is 47.0 Å². The van der Waals surface area contributed by atoms with E-state index in [1.807, 2.05) is 31.2 Å². The molecule has 0 saturated carbocycles. The minimum atomic E-state index is 0.167. The first-order chi connectivity index (χ1) is 7.19. The Bertz CT molecular complexity index is 336. The summed E-state index contributed by atoms with van der Waals surface area (Å²) in [6.07, 6.45) is 3.79. The lowest BCUT2D eigenvalue weighted by molar-refractivity contribution is 0.518. The third kappa shape index (κ3) is 3.34. The zero-order valence-corrected chi connectivity index (χ0v) is 9.72. The lowest BCUT2D eigenvalue weighted by Crippen LogP contribution is -2.28. The van der Waals surface area contributed by atoms with Gasteiger partial charge in [0, 0.05) is 11.1 Å². The number of hydrogen-bond acceptors (Lipinski definition) is 2. The third-order valence-corrected chi connectivity index (χ3v) is 2.70. The average Bonchev–Trinajstić information content (AvgIpc) is 2.21. The minimum absolute atomic E-state index is 0.167. The lowest BCUT2D eigenvalue weighted by Gasteiger charge is -2.17. The molecule has 3 heteroatoms. The molecule has 0 spiro atoms. The van der Waals surface area contributed by atoms with Crippen LogP contribution in [0.4, 0.5) is 0 Å². The second-order valence-corrected chi connectivity index (χ2v) is 4.02. The van der Waals surface area contributed by atoms with Gasteiger partial charge < -0.3 is 0 Å². The van der Waals surface area contributed by atoms with Crippen molar-refractivity contribution < 1.29 is 0 Å². The molecule has 0 saturated heterocycles. The fourth-order valence-corrected chi connectivity index (χ4v) is 1.87. The molecule has 0 amide bonds. The monoisotopic (exact) mass is 224 g/mol. The van der Waals surface area contributed by atoms with E-state index in [0.29, 0.717) is 0 Å². The molecule has 1 unspecified atom stereocenters. The van der Waals surface area contributed by atoms with Gasteiger partial charge in [0.2, 0.25) is 0 Å². The van der Waals surface area contributed by atoms with Crippen LogP contribution >= 0.6 is 11.6 Å². The zero-order valence-electron chi connectivity index (χ0n) is 8.96. The minimum Gasteiger partial charge on any atom is -0.271 e. The first kappa shape index (κ1) is 12.2. The number of benzene rings is 1. The summed E-state index contributed by atoms with van der Waals surface area (Å²) in [6.45, 7) is 5.75. The zero-order chi connectivity index (χ0) is 11.3. The van der Waals surface area contributed by atoms with Crippen LogP contribution in [0, 0.1) is 6.92 Å². The van der Waals surface area contributed by atoms with Crippen molar-refractivity contribution in [2.75, 3.05) is 0 Å². The molecular formula is C12H17ClN2. The fourth-order valence-electron chi connectivity index (χ4n) is 1.64. The number of halogens is 1. The van der Waals surface area contributed by atoms with Gasteiger partial charge in [-0.3, -0.25) is 11.3 Å². The average molecular weight is 225 g/mol. The van der Waals surface area contributed by atoms with Crippen LogP contribution in [-0.2, 0) is 0 Å². The second kappa shape index (κ2) is 5.91. The Balaban J connectivity index is 2.86. The molecule has 1 aromatic rings. The number of nitrogens with one attached hydrogen (secondary N) is 1. The first-order valence-corrected chi connectivity index (χ1v) is 5.40. The van der Waals surface area contributed by atoms with Crippen LogP contribution in [0.5, 0.6) is 0 Å². The van der Waals surface area contributed by atoms with E-state index in [4.69, 9.17) is 17.4 Å². The standard InChI is InChI=1S/C12H17ClN2/c1-3-4-5-12(15-14)11-7-6-10(13)8-9(11)2/h3,6-8,12,15H,1,4-5,14H2,2H3. The van der Waals surface area contributed by atoms with Crippen molar-refractivity contribution in [1.29, 1.82) is 0 Å². The molecule has 0 radical (unpaired) electrons. The Morgan fingerprint density at radius 2 is 2.33 bits per heavy atom. The van der Waals surface area contributed by atoms with Gasteiger partial charge in [0.1, 0.15) is 0 Å². The molecule has 0 heterocycles. The van der Waals surface area contributed by atoms with Crippen LogP contribution in [0.3, 0.4) is 0 Å². The van der Waals surface area contributed by atoms with Crippen molar-refractivity contribution in [2.24, 2.45) is 5.84 Å². The molecule has 1 aromatic carbocycles. The van der Waals surface area contributed by atoms with Crippen LogP contribution in [0.15, 0.2) is 30.9 Å². The third-order valence-electron chi connectivity index (χ3n) is 2.47. The van der Waals surface area contributed by atoms with Crippen LogP contribution in [-0.4, -0.2) is 0 Å². The largest absolute Gasteiger partial charge is 0.271 e. The molecule has 0 aliphatic heterocycles. The topological polar surface area (TPSA) is 38.0 Å². The maximum Gasteiger partial charge on any atom is 0.0465 e. The van der Waals surface area contributed by atoms with E-state index in [9.17, 15) is 0 Å². The number of aryl methyl sites for hydroxylation is 1. The summed E-state index contributed by atoms with van der Waals surface area (Å²) in [5.41, 5.74) is 5.18. The van der Waals surface area contributed by atoms with Crippen molar-refractivity contribution >= 4 is 11.6 Å². The molecule has 15 heavy (non-hydrogen) atoms. The van der Waals surface area contributed by atoms with Crippen molar-refractivity contribution in [2.45, 2.75) is 25.8 Å². The predicted octanol–water partition coefficient (Wildman–Crippen LogP) is 3.12. The summed E-state index contributed by atoms with van der Waals surface area (Å²) in [7, 11) is 0. The summed E-state index contributed by atoms with van der Waals surface area (Å²) < 4.78 is 0. The number of allylic oxidation sites excluding steroid dienone is 1. The van der Waals surface area contributed by atoms with E-state index < -0.39 is 0 Å². The van der Waals surface area contributed by atoms with Gasteiger partial charge in [-0.1, -0.05) is 23.7 Å². The predicted molar refractivity (Wildman–Crippen MR) is 65.7 cm³/mol. The molecule has 0 aliphatic rings. The van der Waals surface area contributed by atoms with Gasteiger partial charge in [0.05, 0.1) is 0 Å². The number of rotatable bonds is 5. The molecule has 82 valence electrons. The molecule has 1 rings (SSSR count). The number of nitrogens with two attached hydrogens (primary N) is 1. The van der Waals surface area contributed by atoms with Crippen molar-refractivity contribution in [1.82, 2.24) is 5.43 Å². The van der Waals surface area contributed by atoms with Gasteiger partial charge in [0.15, 0.2) is 0 Å². The SMILES string of the molecule is C=CCCC(NN)c1ccc(Cl)cc1C. The molecule has 0 aliphatic carbocycles. The van der Waals surface area contributed by atoms with E-state index in [1.165, 1.54) is 5.56 Å². The van der Waals surface area contributed by atoms with Gasteiger partial charge in [0.25, 0.3) is 0 Å². The summed E-state index contributed by atoms with van der Waals surface area (Å²) >= 11 is 5.90. The summed E-state index contributed by atoms with van der Waals surface area (Å²) in [5, 5.41) is 0.760. The van der Waals surface area contributed by atoms with E-state index in [2.05, 4.69) is 12.0 Å². The molecule has 1 atom stereocenters. The van der Waals surface area contributed by atoms with Gasteiger partial charge >= 0.3 is 0 Å². The van der Waals surface area contributed by atoms with Crippen molar-refractivity contribution in [3.63, 3.8) is 0 Å². The second-order valence-electron chi connectivity index (χ2n) is 3.59. The van der Waals surface area contributed by atoms with Crippen LogP contribution in [0.1, 0.15) is 30.0 Å².